The van der Waals surface area contributed by atoms with Crippen molar-refractivity contribution in [1.29, 1.82) is 0 Å². The Morgan fingerprint density at radius 1 is 1.31 bits per heavy atom. The summed E-state index contributed by atoms with van der Waals surface area (Å²) in [6.07, 6.45) is 3.98. The highest BCUT2D eigenvalue weighted by Crippen LogP contribution is 2.31. The fourth-order valence-corrected chi connectivity index (χ4v) is 2.71. The number of anilines is 2. The van der Waals surface area contributed by atoms with E-state index in [1.54, 1.807) is 36.4 Å². The predicted octanol–water partition coefficient (Wildman–Crippen LogP) is 2.66. The zero-order chi connectivity index (χ0) is 17.1. The van der Waals surface area contributed by atoms with Crippen molar-refractivity contribution >= 4 is 48.0 Å². The second kappa shape index (κ2) is 9.52. The molecule has 6 nitrogen and oxygen atoms in total. The molecule has 2 amide bonds. The Morgan fingerprint density at radius 2 is 2.08 bits per heavy atom. The van der Waals surface area contributed by atoms with Crippen LogP contribution in [0.25, 0.3) is 0 Å². The maximum Gasteiger partial charge on any atom is 0.259 e. The molecule has 2 aromatic rings. The van der Waals surface area contributed by atoms with Crippen LogP contribution in [0, 0.1) is 5.92 Å². The Morgan fingerprint density at radius 3 is 2.73 bits per heavy atom. The molecule has 1 aromatic heterocycles. The number of carbonyl (C=O) groups is 2. The van der Waals surface area contributed by atoms with Gasteiger partial charge in [-0.15, -0.1) is 24.8 Å². The molecule has 1 atom stereocenters. The van der Waals surface area contributed by atoms with Crippen molar-refractivity contribution < 1.29 is 9.59 Å². The van der Waals surface area contributed by atoms with Crippen LogP contribution in [0.1, 0.15) is 22.8 Å². The number of rotatable bonds is 4. The minimum absolute atomic E-state index is 0. The first-order chi connectivity index (χ1) is 11.6. The van der Waals surface area contributed by atoms with E-state index >= 15 is 0 Å². The molecule has 8 heteroatoms. The normalized spacial score (nSPS) is 13.1. The average molecular weight is 397 g/mol. The first-order valence-corrected chi connectivity index (χ1v) is 7.96. The number of nitrogens with two attached hydrogens (primary N) is 1. The van der Waals surface area contributed by atoms with Gasteiger partial charge in [-0.1, -0.05) is 6.92 Å². The second-order valence-electron chi connectivity index (χ2n) is 5.92. The largest absolute Gasteiger partial charge is 0.330 e. The summed E-state index contributed by atoms with van der Waals surface area (Å²) in [6, 6.07) is 9.12. The number of fused-ring (bicyclic) bond motifs is 1. The van der Waals surface area contributed by atoms with E-state index in [1.165, 1.54) is 0 Å². The van der Waals surface area contributed by atoms with E-state index in [9.17, 15) is 9.59 Å². The van der Waals surface area contributed by atoms with E-state index in [0.717, 1.165) is 23.4 Å². The Kier molecular flexibility index (Phi) is 8.02. The molecule has 2 heterocycles. The molecule has 0 saturated heterocycles. The minimum atomic E-state index is -0.234. The summed E-state index contributed by atoms with van der Waals surface area (Å²) >= 11 is 0. The Hall–Kier alpha value is -2.15. The van der Waals surface area contributed by atoms with Gasteiger partial charge < -0.3 is 16.0 Å². The number of benzene rings is 1. The average Bonchev–Trinajstić information content (AvgIpc) is 3.04. The van der Waals surface area contributed by atoms with Crippen molar-refractivity contribution in [3.05, 3.63) is 53.9 Å². The fourth-order valence-electron chi connectivity index (χ4n) is 2.71. The van der Waals surface area contributed by atoms with Crippen LogP contribution in [0.5, 0.6) is 0 Å². The maximum absolute atomic E-state index is 12.6. The molecule has 0 bridgehead atoms. The lowest BCUT2D eigenvalue weighted by atomic mass is 10.1. The van der Waals surface area contributed by atoms with Gasteiger partial charge in [0.05, 0.1) is 5.56 Å². The summed E-state index contributed by atoms with van der Waals surface area (Å²) in [4.78, 5) is 30.3. The molecule has 0 radical (unpaired) electrons. The van der Waals surface area contributed by atoms with Gasteiger partial charge in [0.15, 0.2) is 0 Å². The summed E-state index contributed by atoms with van der Waals surface area (Å²) in [7, 11) is 0. The van der Waals surface area contributed by atoms with Gasteiger partial charge in [0.25, 0.3) is 5.91 Å². The van der Waals surface area contributed by atoms with E-state index in [4.69, 9.17) is 5.73 Å². The number of hydrogen-bond acceptors (Lipinski definition) is 4. The number of halogens is 2. The van der Waals surface area contributed by atoms with Crippen molar-refractivity contribution in [2.75, 3.05) is 23.3 Å². The summed E-state index contributed by atoms with van der Waals surface area (Å²) in [5.41, 5.74) is 8.74. The summed E-state index contributed by atoms with van der Waals surface area (Å²) in [6.45, 7) is 2.72. The van der Waals surface area contributed by atoms with Gasteiger partial charge in [-0.2, -0.15) is 0 Å². The van der Waals surface area contributed by atoms with E-state index in [0.29, 0.717) is 18.7 Å². The number of aromatic nitrogens is 1. The van der Waals surface area contributed by atoms with E-state index in [1.807, 2.05) is 18.2 Å². The standard InChI is InChI=1S/C18H20N4O2.2ClH/c1-12(10-19)17(23)21-15-4-5-16-13(9-15)6-8-22(16)18(24)14-3-2-7-20-11-14;;/h2-5,7,9,11-12H,6,8,10,19H2,1H3,(H,21,23);2*1H. The van der Waals surface area contributed by atoms with Crippen molar-refractivity contribution in [3.63, 3.8) is 0 Å². The number of nitrogens with zero attached hydrogens (tertiary/aromatic N) is 2. The van der Waals surface area contributed by atoms with Gasteiger partial charge in [0.1, 0.15) is 0 Å². The second-order valence-corrected chi connectivity index (χ2v) is 5.92. The van der Waals surface area contributed by atoms with E-state index in [-0.39, 0.29) is 42.5 Å². The van der Waals surface area contributed by atoms with Gasteiger partial charge in [-0.25, -0.2) is 0 Å². The SMILES string of the molecule is CC(CN)C(=O)Nc1ccc2c(c1)CCN2C(=O)c1cccnc1.Cl.Cl. The van der Waals surface area contributed by atoms with Crippen LogP contribution in [0.2, 0.25) is 0 Å². The van der Waals surface area contributed by atoms with Crippen LogP contribution in [0.4, 0.5) is 11.4 Å². The third-order valence-corrected chi connectivity index (χ3v) is 4.20. The van der Waals surface area contributed by atoms with Crippen LogP contribution >= 0.6 is 24.8 Å². The molecule has 0 aliphatic carbocycles. The molecule has 1 unspecified atom stereocenters. The molecule has 1 aliphatic rings. The number of pyridine rings is 1. The molecule has 1 aliphatic heterocycles. The van der Waals surface area contributed by atoms with Gasteiger partial charge in [0, 0.05) is 42.8 Å². The Balaban J connectivity index is 0.00000169. The van der Waals surface area contributed by atoms with Crippen LogP contribution in [-0.2, 0) is 11.2 Å². The lowest BCUT2D eigenvalue weighted by Crippen LogP contribution is -2.29. The molecular weight excluding hydrogens is 375 g/mol. The number of hydrogen-bond donors (Lipinski definition) is 2. The maximum atomic E-state index is 12.6. The quantitative estimate of drug-likeness (QED) is 0.830. The first-order valence-electron chi connectivity index (χ1n) is 7.96. The summed E-state index contributed by atoms with van der Waals surface area (Å²) < 4.78 is 0. The summed E-state index contributed by atoms with van der Waals surface area (Å²) in [5.74, 6) is -0.393. The third-order valence-electron chi connectivity index (χ3n) is 4.20. The van der Waals surface area contributed by atoms with E-state index < -0.39 is 0 Å². The molecule has 0 saturated carbocycles. The Labute approximate surface area is 165 Å². The van der Waals surface area contributed by atoms with E-state index in [2.05, 4.69) is 10.3 Å². The molecule has 3 rings (SSSR count). The highest BCUT2D eigenvalue weighted by Gasteiger charge is 2.26. The lowest BCUT2D eigenvalue weighted by molar-refractivity contribution is -0.119. The molecule has 3 N–H and O–H groups in total. The van der Waals surface area contributed by atoms with Crippen molar-refractivity contribution in [2.45, 2.75) is 13.3 Å². The number of nitrogens with one attached hydrogen (secondary N) is 1. The van der Waals surface area contributed by atoms with Crippen molar-refractivity contribution in [3.8, 4) is 0 Å². The number of carbonyl (C=O) groups excluding carboxylic acids is 2. The zero-order valence-electron chi connectivity index (χ0n) is 14.3. The smallest absolute Gasteiger partial charge is 0.259 e. The van der Waals surface area contributed by atoms with Gasteiger partial charge in [-0.3, -0.25) is 14.6 Å². The molecule has 0 fully saturated rings. The Bertz CT molecular complexity index is 771. The van der Waals surface area contributed by atoms with Gasteiger partial charge in [0.2, 0.25) is 5.91 Å². The third kappa shape index (κ3) is 4.52. The summed E-state index contributed by atoms with van der Waals surface area (Å²) in [5, 5.41) is 2.87. The van der Waals surface area contributed by atoms with Gasteiger partial charge >= 0.3 is 0 Å². The monoisotopic (exact) mass is 396 g/mol. The highest BCUT2D eigenvalue weighted by atomic mass is 35.5. The molecule has 140 valence electrons. The highest BCUT2D eigenvalue weighted by molar-refractivity contribution is 6.07. The fraction of sp³-hybridized carbons (Fsp3) is 0.278. The zero-order valence-corrected chi connectivity index (χ0v) is 16.0. The molecular formula is C18H22Cl2N4O2. The van der Waals surface area contributed by atoms with Crippen molar-refractivity contribution in [1.82, 2.24) is 4.98 Å². The molecule has 0 spiro atoms. The minimum Gasteiger partial charge on any atom is -0.330 e. The van der Waals surface area contributed by atoms with Crippen LogP contribution in [0.15, 0.2) is 42.7 Å². The predicted molar refractivity (Wildman–Crippen MR) is 107 cm³/mol. The van der Waals surface area contributed by atoms with Crippen LogP contribution in [0.3, 0.4) is 0 Å². The van der Waals surface area contributed by atoms with Crippen LogP contribution in [-0.4, -0.2) is 29.9 Å². The molecule has 1 aromatic carbocycles. The lowest BCUT2D eigenvalue weighted by Gasteiger charge is -2.17. The number of amides is 2. The first kappa shape index (κ1) is 21.9. The topological polar surface area (TPSA) is 88.3 Å². The van der Waals surface area contributed by atoms with Crippen molar-refractivity contribution in [2.24, 2.45) is 11.7 Å². The van der Waals surface area contributed by atoms with Gasteiger partial charge in [-0.05, 0) is 42.3 Å². The van der Waals surface area contributed by atoms with Crippen LogP contribution < -0.4 is 16.0 Å². The molecule has 26 heavy (non-hydrogen) atoms.